The molecule has 14 heavy (non-hydrogen) atoms. The fourth-order valence-electron chi connectivity index (χ4n) is 0.761. The predicted molar refractivity (Wildman–Crippen MR) is 57.4 cm³/mol. The maximum atomic E-state index is 5.44. The molecule has 0 aliphatic rings. The van der Waals surface area contributed by atoms with Crippen molar-refractivity contribution in [3.8, 4) is 5.75 Å². The van der Waals surface area contributed by atoms with E-state index in [2.05, 4.69) is 4.98 Å². The summed E-state index contributed by atoms with van der Waals surface area (Å²) < 4.78 is 10.1. The van der Waals surface area contributed by atoms with Crippen LogP contribution in [0.25, 0.3) is 0 Å². The maximum Gasteiger partial charge on any atom is 0.126 e. The van der Waals surface area contributed by atoms with Gasteiger partial charge in [0.25, 0.3) is 0 Å². The quantitative estimate of drug-likeness (QED) is 0.748. The van der Waals surface area contributed by atoms with Gasteiger partial charge in [-0.25, -0.2) is 4.98 Å². The fourth-order valence-corrected chi connectivity index (χ4v) is 0.761. The molecule has 0 atom stereocenters. The molecule has 1 aromatic heterocycles. The Hall–Kier alpha value is -1.29. The van der Waals surface area contributed by atoms with Gasteiger partial charge in [-0.1, -0.05) is 13.8 Å². The van der Waals surface area contributed by atoms with Gasteiger partial charge in [0.2, 0.25) is 0 Å². The lowest BCUT2D eigenvalue weighted by Gasteiger charge is -2.04. The molecule has 0 bridgehead atoms. The van der Waals surface area contributed by atoms with Gasteiger partial charge in [-0.2, -0.15) is 0 Å². The molecule has 1 heterocycles. The zero-order chi connectivity index (χ0) is 10.8. The van der Waals surface area contributed by atoms with Gasteiger partial charge in [-0.15, -0.1) is 0 Å². The first-order chi connectivity index (χ1) is 6.83. The number of ether oxygens (including phenoxy) is 2. The van der Waals surface area contributed by atoms with E-state index in [1.54, 1.807) is 25.4 Å². The molecule has 0 spiro atoms. The van der Waals surface area contributed by atoms with Crippen LogP contribution in [0.4, 0.5) is 5.82 Å². The van der Waals surface area contributed by atoms with Crippen LogP contribution in [0.5, 0.6) is 5.75 Å². The highest BCUT2D eigenvalue weighted by molar-refractivity contribution is 5.35. The lowest BCUT2D eigenvalue weighted by atomic mass is 10.4. The van der Waals surface area contributed by atoms with Crippen LogP contribution in [0, 0.1) is 0 Å². The van der Waals surface area contributed by atoms with E-state index in [1.165, 1.54) is 0 Å². The molecule has 1 rings (SSSR count). The molecule has 0 aliphatic carbocycles. The van der Waals surface area contributed by atoms with Gasteiger partial charge < -0.3 is 15.2 Å². The highest BCUT2D eigenvalue weighted by Gasteiger charge is 1.93. The van der Waals surface area contributed by atoms with Crippen LogP contribution in [-0.4, -0.2) is 25.3 Å². The first kappa shape index (κ1) is 12.7. The summed E-state index contributed by atoms with van der Waals surface area (Å²) in [5, 5.41) is 0. The zero-order valence-electron chi connectivity index (χ0n) is 8.99. The van der Waals surface area contributed by atoms with E-state index in [0.29, 0.717) is 19.0 Å². The van der Waals surface area contributed by atoms with E-state index in [4.69, 9.17) is 15.2 Å². The van der Waals surface area contributed by atoms with Crippen molar-refractivity contribution in [2.45, 2.75) is 13.8 Å². The number of hydrogen-bond acceptors (Lipinski definition) is 4. The van der Waals surface area contributed by atoms with Gasteiger partial charge in [0.15, 0.2) is 0 Å². The number of hydrogen-bond donors (Lipinski definition) is 1. The minimum absolute atomic E-state index is 0.463. The predicted octanol–water partition coefficient (Wildman–Crippen LogP) is 1.72. The van der Waals surface area contributed by atoms with Crippen LogP contribution < -0.4 is 10.5 Å². The van der Waals surface area contributed by atoms with Crippen molar-refractivity contribution in [1.29, 1.82) is 0 Å². The molecule has 0 saturated carbocycles. The molecule has 0 saturated heterocycles. The minimum atomic E-state index is 0.463. The van der Waals surface area contributed by atoms with Crippen molar-refractivity contribution < 1.29 is 9.47 Å². The first-order valence-corrected chi connectivity index (χ1v) is 4.66. The van der Waals surface area contributed by atoms with Crippen molar-refractivity contribution >= 4 is 5.82 Å². The van der Waals surface area contributed by atoms with E-state index < -0.39 is 0 Å². The van der Waals surface area contributed by atoms with Crippen LogP contribution in [0.3, 0.4) is 0 Å². The SMILES string of the molecule is CC.COCCOc1ccnc(N)c1. The molecule has 2 N–H and O–H groups in total. The van der Waals surface area contributed by atoms with Crippen LogP contribution in [0.15, 0.2) is 18.3 Å². The lowest BCUT2D eigenvalue weighted by molar-refractivity contribution is 0.146. The fraction of sp³-hybridized carbons (Fsp3) is 0.500. The number of methoxy groups -OCH3 is 1. The molecule has 4 heteroatoms. The summed E-state index contributed by atoms with van der Waals surface area (Å²) in [5.74, 6) is 1.18. The maximum absolute atomic E-state index is 5.44. The Morgan fingerprint density at radius 3 is 2.64 bits per heavy atom. The molecule has 0 aromatic carbocycles. The number of aromatic nitrogens is 1. The van der Waals surface area contributed by atoms with Crippen LogP contribution in [0.1, 0.15) is 13.8 Å². The monoisotopic (exact) mass is 198 g/mol. The second-order valence-electron chi connectivity index (χ2n) is 2.26. The van der Waals surface area contributed by atoms with Gasteiger partial charge in [0, 0.05) is 19.4 Å². The van der Waals surface area contributed by atoms with Gasteiger partial charge in [0.1, 0.15) is 18.2 Å². The van der Waals surface area contributed by atoms with E-state index >= 15 is 0 Å². The summed E-state index contributed by atoms with van der Waals surface area (Å²) in [5.41, 5.74) is 5.44. The normalized spacial score (nSPS) is 8.79. The Labute approximate surface area is 85.0 Å². The molecule has 0 amide bonds. The Balaban J connectivity index is 0.000000791. The van der Waals surface area contributed by atoms with E-state index in [0.717, 1.165) is 5.75 Å². The van der Waals surface area contributed by atoms with Crippen molar-refractivity contribution in [2.75, 3.05) is 26.1 Å². The number of pyridine rings is 1. The van der Waals surface area contributed by atoms with Crippen molar-refractivity contribution in [1.82, 2.24) is 4.98 Å². The topological polar surface area (TPSA) is 57.4 Å². The highest BCUT2D eigenvalue weighted by Crippen LogP contribution is 2.11. The summed E-state index contributed by atoms with van der Waals surface area (Å²) in [6.45, 7) is 5.10. The first-order valence-electron chi connectivity index (χ1n) is 4.66. The van der Waals surface area contributed by atoms with Crippen LogP contribution in [-0.2, 0) is 4.74 Å². The third-order valence-corrected chi connectivity index (χ3v) is 1.31. The number of nitrogens with zero attached hydrogens (tertiary/aromatic N) is 1. The standard InChI is InChI=1S/C8H12N2O2.C2H6/c1-11-4-5-12-7-2-3-10-8(9)6-7;1-2/h2-3,6H,4-5H2,1H3,(H2,9,10);1-2H3. The summed E-state index contributed by atoms with van der Waals surface area (Å²) in [4.78, 5) is 3.83. The van der Waals surface area contributed by atoms with E-state index in [-0.39, 0.29) is 0 Å². The average molecular weight is 198 g/mol. The second kappa shape index (κ2) is 8.31. The molecular formula is C10H18N2O2. The Bertz CT molecular complexity index is 241. The Morgan fingerprint density at radius 1 is 1.36 bits per heavy atom. The Kier molecular flexibility index (Phi) is 7.55. The molecule has 1 aromatic rings. The summed E-state index contributed by atoms with van der Waals surface area (Å²) in [6.07, 6.45) is 1.61. The minimum Gasteiger partial charge on any atom is -0.491 e. The summed E-state index contributed by atoms with van der Waals surface area (Å²) >= 11 is 0. The third-order valence-electron chi connectivity index (χ3n) is 1.31. The molecule has 0 unspecified atom stereocenters. The molecule has 0 aliphatic heterocycles. The number of nitrogen functional groups attached to an aromatic ring is 1. The molecule has 0 radical (unpaired) electrons. The number of rotatable bonds is 4. The van der Waals surface area contributed by atoms with Crippen molar-refractivity contribution in [2.24, 2.45) is 0 Å². The molecular weight excluding hydrogens is 180 g/mol. The van der Waals surface area contributed by atoms with Crippen LogP contribution >= 0.6 is 0 Å². The lowest BCUT2D eigenvalue weighted by Crippen LogP contribution is -2.04. The molecule has 4 nitrogen and oxygen atoms in total. The van der Waals surface area contributed by atoms with E-state index in [9.17, 15) is 0 Å². The largest absolute Gasteiger partial charge is 0.491 e. The van der Waals surface area contributed by atoms with E-state index in [1.807, 2.05) is 13.8 Å². The zero-order valence-corrected chi connectivity index (χ0v) is 8.99. The number of anilines is 1. The summed E-state index contributed by atoms with van der Waals surface area (Å²) in [7, 11) is 1.63. The Morgan fingerprint density at radius 2 is 2.07 bits per heavy atom. The third kappa shape index (κ3) is 5.37. The van der Waals surface area contributed by atoms with Crippen molar-refractivity contribution in [3.63, 3.8) is 0 Å². The highest BCUT2D eigenvalue weighted by atomic mass is 16.5. The number of nitrogens with two attached hydrogens (primary N) is 1. The smallest absolute Gasteiger partial charge is 0.126 e. The van der Waals surface area contributed by atoms with Crippen molar-refractivity contribution in [3.05, 3.63) is 18.3 Å². The molecule has 80 valence electrons. The second-order valence-corrected chi connectivity index (χ2v) is 2.26. The van der Waals surface area contributed by atoms with Gasteiger partial charge in [-0.3, -0.25) is 0 Å². The average Bonchev–Trinajstić information content (AvgIpc) is 2.21. The molecule has 0 fully saturated rings. The van der Waals surface area contributed by atoms with Gasteiger partial charge >= 0.3 is 0 Å². The summed E-state index contributed by atoms with van der Waals surface area (Å²) in [6, 6.07) is 3.43. The van der Waals surface area contributed by atoms with Crippen LogP contribution in [0.2, 0.25) is 0 Å². The van der Waals surface area contributed by atoms with Gasteiger partial charge in [0.05, 0.1) is 6.61 Å². The van der Waals surface area contributed by atoms with Gasteiger partial charge in [-0.05, 0) is 6.07 Å².